The van der Waals surface area contributed by atoms with Crippen LogP contribution >= 0.6 is 0 Å². The van der Waals surface area contributed by atoms with E-state index in [4.69, 9.17) is 9.57 Å². The number of carbonyl (C=O) groups excluding carboxylic acids is 2. The van der Waals surface area contributed by atoms with Crippen LogP contribution in [-0.4, -0.2) is 31.6 Å². The summed E-state index contributed by atoms with van der Waals surface area (Å²) in [4.78, 5) is 28.2. The Hall–Kier alpha value is -1.92. The molecule has 1 heterocycles. The van der Waals surface area contributed by atoms with Gasteiger partial charge in [0.05, 0.1) is 19.3 Å². The zero-order chi connectivity index (χ0) is 13.7. The average molecular weight is 264 g/mol. The fraction of sp³-hybridized carbons (Fsp3) is 0.385. The Morgan fingerprint density at radius 1 is 1.37 bits per heavy atom. The van der Waals surface area contributed by atoms with Gasteiger partial charge in [0.2, 0.25) is 5.91 Å². The van der Waals surface area contributed by atoms with Crippen molar-refractivity contribution in [1.29, 1.82) is 0 Å². The first kappa shape index (κ1) is 13.5. The third-order valence-electron chi connectivity index (χ3n) is 2.90. The molecule has 2 amide bonds. The van der Waals surface area contributed by atoms with E-state index in [1.807, 2.05) is 30.3 Å². The average Bonchev–Trinajstić information content (AvgIpc) is 2.39. The van der Waals surface area contributed by atoms with Gasteiger partial charge in [0.25, 0.3) is 5.91 Å². The second-order valence-corrected chi connectivity index (χ2v) is 4.29. The summed E-state index contributed by atoms with van der Waals surface area (Å²) in [6.07, 6.45) is 0. The second-order valence-electron chi connectivity index (χ2n) is 4.29. The van der Waals surface area contributed by atoms with Gasteiger partial charge in [-0.2, -0.15) is 0 Å². The van der Waals surface area contributed by atoms with Crippen molar-refractivity contribution in [2.45, 2.75) is 12.6 Å². The van der Waals surface area contributed by atoms with Gasteiger partial charge in [-0.25, -0.2) is 5.48 Å². The van der Waals surface area contributed by atoms with Crippen molar-refractivity contribution in [3.8, 4) is 0 Å². The van der Waals surface area contributed by atoms with Gasteiger partial charge in [0, 0.05) is 7.11 Å². The molecule has 2 atom stereocenters. The molecule has 0 aromatic heterocycles. The highest BCUT2D eigenvalue weighted by atomic mass is 16.6. The molecule has 0 spiro atoms. The van der Waals surface area contributed by atoms with Crippen LogP contribution in [0.5, 0.6) is 0 Å². The van der Waals surface area contributed by atoms with Gasteiger partial charge in [-0.1, -0.05) is 30.3 Å². The van der Waals surface area contributed by atoms with Crippen molar-refractivity contribution in [2.75, 3.05) is 13.7 Å². The van der Waals surface area contributed by atoms with Crippen molar-refractivity contribution in [1.82, 2.24) is 10.8 Å². The number of amides is 2. The molecule has 2 N–H and O–H groups in total. The molecular formula is C13H16N2O4. The highest BCUT2D eigenvalue weighted by Crippen LogP contribution is 2.15. The van der Waals surface area contributed by atoms with Gasteiger partial charge in [0.1, 0.15) is 5.92 Å². The monoisotopic (exact) mass is 264 g/mol. The van der Waals surface area contributed by atoms with Crippen LogP contribution in [-0.2, 0) is 25.8 Å². The molecular weight excluding hydrogens is 248 g/mol. The summed E-state index contributed by atoms with van der Waals surface area (Å²) in [7, 11) is 1.52. The number of nitrogens with one attached hydrogen (secondary N) is 2. The van der Waals surface area contributed by atoms with E-state index in [1.54, 1.807) is 0 Å². The number of rotatable bonds is 6. The van der Waals surface area contributed by atoms with Crippen LogP contribution in [0, 0.1) is 5.92 Å². The highest BCUT2D eigenvalue weighted by molar-refractivity contribution is 6.05. The Morgan fingerprint density at radius 2 is 2.11 bits per heavy atom. The topological polar surface area (TPSA) is 76.7 Å². The van der Waals surface area contributed by atoms with E-state index in [-0.39, 0.29) is 18.6 Å². The van der Waals surface area contributed by atoms with Crippen LogP contribution in [0.3, 0.4) is 0 Å². The summed E-state index contributed by atoms with van der Waals surface area (Å²) in [5.74, 6) is -1.49. The molecule has 1 aromatic rings. The summed E-state index contributed by atoms with van der Waals surface area (Å²) in [6.45, 7) is 0.568. The smallest absolute Gasteiger partial charge is 0.258 e. The molecule has 0 saturated carbocycles. The summed E-state index contributed by atoms with van der Waals surface area (Å²) < 4.78 is 4.91. The molecule has 0 radical (unpaired) electrons. The lowest BCUT2D eigenvalue weighted by molar-refractivity contribution is -0.153. The van der Waals surface area contributed by atoms with Crippen LogP contribution in [0.15, 0.2) is 30.3 Å². The molecule has 1 fully saturated rings. The number of benzene rings is 1. The highest BCUT2D eigenvalue weighted by Gasteiger charge is 2.44. The van der Waals surface area contributed by atoms with Crippen LogP contribution in [0.25, 0.3) is 0 Å². The quantitative estimate of drug-likeness (QED) is 0.430. The van der Waals surface area contributed by atoms with Crippen LogP contribution in [0.1, 0.15) is 5.56 Å². The Labute approximate surface area is 111 Å². The van der Waals surface area contributed by atoms with Crippen molar-refractivity contribution in [3.63, 3.8) is 0 Å². The number of ether oxygens (including phenoxy) is 1. The lowest BCUT2D eigenvalue weighted by atomic mass is 9.90. The maximum Gasteiger partial charge on any atom is 0.258 e. The normalized spacial score (nSPS) is 21.4. The first-order valence-electron chi connectivity index (χ1n) is 5.97. The molecule has 0 aliphatic carbocycles. The van der Waals surface area contributed by atoms with E-state index in [0.717, 1.165) is 5.56 Å². The van der Waals surface area contributed by atoms with E-state index in [0.29, 0.717) is 6.61 Å². The maximum absolute atomic E-state index is 11.8. The van der Waals surface area contributed by atoms with Crippen molar-refractivity contribution < 1.29 is 19.2 Å². The van der Waals surface area contributed by atoms with Crippen molar-refractivity contribution in [2.24, 2.45) is 5.92 Å². The minimum atomic E-state index is -0.740. The Kier molecular flexibility index (Phi) is 4.48. The fourth-order valence-corrected chi connectivity index (χ4v) is 1.89. The van der Waals surface area contributed by atoms with E-state index < -0.39 is 11.8 Å². The number of carbonyl (C=O) groups is 2. The summed E-state index contributed by atoms with van der Waals surface area (Å²) in [5, 5.41) is 2.60. The van der Waals surface area contributed by atoms with Gasteiger partial charge in [-0.15, -0.1) is 0 Å². The van der Waals surface area contributed by atoms with Gasteiger partial charge in [0.15, 0.2) is 0 Å². The Morgan fingerprint density at radius 3 is 2.74 bits per heavy atom. The number of methoxy groups -OCH3 is 1. The van der Waals surface area contributed by atoms with Gasteiger partial charge in [-0.3, -0.25) is 14.4 Å². The van der Waals surface area contributed by atoms with Gasteiger partial charge >= 0.3 is 0 Å². The predicted octanol–water partition coefficient (Wildman–Crippen LogP) is -0.00460. The molecule has 2 rings (SSSR count). The second kappa shape index (κ2) is 6.31. The fourth-order valence-electron chi connectivity index (χ4n) is 1.89. The molecule has 0 bridgehead atoms. The third kappa shape index (κ3) is 3.30. The van der Waals surface area contributed by atoms with Crippen molar-refractivity contribution >= 4 is 11.8 Å². The van der Waals surface area contributed by atoms with Crippen LogP contribution in [0.4, 0.5) is 0 Å². The van der Waals surface area contributed by atoms with E-state index in [1.165, 1.54) is 7.11 Å². The molecule has 1 aromatic carbocycles. The van der Waals surface area contributed by atoms with E-state index in [2.05, 4.69) is 10.8 Å². The standard InChI is InChI=1S/C13H16N2O4/c1-18-8-10-11(12(16)14-10)13(17)15-19-7-9-5-3-2-4-6-9/h2-6,10-11H,7-8H2,1H3,(H,14,16)(H,15,17). The van der Waals surface area contributed by atoms with Crippen molar-refractivity contribution in [3.05, 3.63) is 35.9 Å². The zero-order valence-electron chi connectivity index (χ0n) is 10.6. The lowest BCUT2D eigenvalue weighted by Gasteiger charge is -2.34. The van der Waals surface area contributed by atoms with Crippen LogP contribution in [0.2, 0.25) is 0 Å². The summed E-state index contributed by atoms with van der Waals surface area (Å²) in [5.41, 5.74) is 3.24. The maximum atomic E-state index is 11.8. The third-order valence-corrected chi connectivity index (χ3v) is 2.90. The Balaban J connectivity index is 1.76. The molecule has 6 nitrogen and oxygen atoms in total. The van der Waals surface area contributed by atoms with E-state index >= 15 is 0 Å². The number of β-lactam (4-membered cyclic amide) rings is 1. The largest absolute Gasteiger partial charge is 0.383 e. The summed E-state index contributed by atoms with van der Waals surface area (Å²) >= 11 is 0. The molecule has 1 saturated heterocycles. The first-order valence-corrected chi connectivity index (χ1v) is 5.97. The van der Waals surface area contributed by atoms with Gasteiger partial charge in [-0.05, 0) is 5.56 Å². The molecule has 2 unspecified atom stereocenters. The Bertz CT molecular complexity index is 449. The van der Waals surface area contributed by atoms with Crippen LogP contribution < -0.4 is 10.8 Å². The number of hydrogen-bond donors (Lipinski definition) is 2. The molecule has 1 aliphatic rings. The number of hydrogen-bond acceptors (Lipinski definition) is 4. The minimum absolute atomic E-state index is 0.260. The molecule has 1 aliphatic heterocycles. The lowest BCUT2D eigenvalue weighted by Crippen LogP contribution is -2.65. The molecule has 6 heteroatoms. The van der Waals surface area contributed by atoms with E-state index in [9.17, 15) is 9.59 Å². The van der Waals surface area contributed by atoms with Gasteiger partial charge < -0.3 is 10.1 Å². The SMILES string of the molecule is COCC1NC(=O)C1C(=O)NOCc1ccccc1. The number of hydroxylamine groups is 1. The minimum Gasteiger partial charge on any atom is -0.383 e. The first-order chi connectivity index (χ1) is 9.22. The predicted molar refractivity (Wildman–Crippen MR) is 66.7 cm³/mol. The zero-order valence-corrected chi connectivity index (χ0v) is 10.6. The molecule has 19 heavy (non-hydrogen) atoms. The molecule has 102 valence electrons. The summed E-state index contributed by atoms with van der Waals surface area (Å²) in [6, 6.07) is 9.16.